The fraction of sp³-hybridized carbons (Fsp3) is 0.778. The number of hydrogen-bond donors (Lipinski definition) is 2. The molecule has 8 heteroatoms. The number of nitrogens with zero attached hydrogens (tertiary/aromatic N) is 4. The number of aromatic nitrogens is 3. The standard InChI is InChI=1S/C18H30N6O2/c1-3-5-15(25)24-11-4-6-14(12-24)17(26)21-18-20-16(22-23(18)2)13-7-9-19-10-8-13/h13-14,19H,3-12H2,1-2H3,(H,20,21,22,26). The highest BCUT2D eigenvalue weighted by molar-refractivity contribution is 5.91. The number of nitrogens with one attached hydrogen (secondary N) is 2. The molecule has 0 aromatic carbocycles. The molecule has 3 heterocycles. The van der Waals surface area contributed by atoms with E-state index in [4.69, 9.17) is 0 Å². The Labute approximate surface area is 154 Å². The first-order valence-electron chi connectivity index (χ1n) is 9.78. The molecule has 1 aromatic heterocycles. The molecule has 3 rings (SSSR count). The van der Waals surface area contributed by atoms with E-state index < -0.39 is 0 Å². The molecule has 26 heavy (non-hydrogen) atoms. The molecule has 1 aromatic rings. The summed E-state index contributed by atoms with van der Waals surface area (Å²) in [6, 6.07) is 0. The van der Waals surface area contributed by atoms with E-state index >= 15 is 0 Å². The SMILES string of the molecule is CCCC(=O)N1CCCC(C(=O)Nc2nc(C3CCNCC3)nn2C)C1. The highest BCUT2D eigenvalue weighted by Crippen LogP contribution is 2.24. The van der Waals surface area contributed by atoms with Crippen molar-refractivity contribution >= 4 is 17.8 Å². The first-order chi connectivity index (χ1) is 12.6. The van der Waals surface area contributed by atoms with Gasteiger partial charge in [0.25, 0.3) is 0 Å². The van der Waals surface area contributed by atoms with Gasteiger partial charge >= 0.3 is 0 Å². The van der Waals surface area contributed by atoms with Crippen LogP contribution in [0.1, 0.15) is 57.2 Å². The molecule has 144 valence electrons. The third kappa shape index (κ3) is 4.41. The van der Waals surface area contributed by atoms with E-state index in [0.717, 1.165) is 57.6 Å². The van der Waals surface area contributed by atoms with E-state index in [2.05, 4.69) is 20.7 Å². The Balaban J connectivity index is 1.60. The molecule has 2 aliphatic heterocycles. The molecule has 0 radical (unpaired) electrons. The van der Waals surface area contributed by atoms with Gasteiger partial charge in [-0.05, 0) is 45.2 Å². The van der Waals surface area contributed by atoms with Crippen LogP contribution in [-0.4, -0.2) is 57.7 Å². The Morgan fingerprint density at radius 1 is 1.27 bits per heavy atom. The van der Waals surface area contributed by atoms with Crippen molar-refractivity contribution in [2.45, 2.75) is 51.4 Å². The van der Waals surface area contributed by atoms with Gasteiger partial charge < -0.3 is 10.2 Å². The van der Waals surface area contributed by atoms with Crippen molar-refractivity contribution in [2.24, 2.45) is 13.0 Å². The molecule has 2 N–H and O–H groups in total. The summed E-state index contributed by atoms with van der Waals surface area (Å²) in [7, 11) is 1.81. The largest absolute Gasteiger partial charge is 0.342 e. The first-order valence-corrected chi connectivity index (χ1v) is 9.78. The number of anilines is 1. The van der Waals surface area contributed by atoms with Crippen molar-refractivity contribution in [1.82, 2.24) is 25.0 Å². The maximum atomic E-state index is 12.7. The van der Waals surface area contributed by atoms with Gasteiger partial charge in [-0.2, -0.15) is 10.1 Å². The van der Waals surface area contributed by atoms with Gasteiger partial charge in [0.2, 0.25) is 17.8 Å². The molecule has 1 atom stereocenters. The summed E-state index contributed by atoms with van der Waals surface area (Å²) in [4.78, 5) is 31.2. The van der Waals surface area contributed by atoms with Crippen LogP contribution < -0.4 is 10.6 Å². The van der Waals surface area contributed by atoms with Crippen LogP contribution in [0, 0.1) is 5.92 Å². The maximum absolute atomic E-state index is 12.7. The summed E-state index contributed by atoms with van der Waals surface area (Å²) in [5, 5.41) is 10.8. The zero-order chi connectivity index (χ0) is 18.5. The fourth-order valence-corrected chi connectivity index (χ4v) is 3.77. The second-order valence-electron chi connectivity index (χ2n) is 7.36. The van der Waals surface area contributed by atoms with Gasteiger partial charge in [0.1, 0.15) is 0 Å². The fourth-order valence-electron chi connectivity index (χ4n) is 3.77. The van der Waals surface area contributed by atoms with E-state index in [0.29, 0.717) is 24.8 Å². The van der Waals surface area contributed by atoms with E-state index in [1.54, 1.807) is 4.68 Å². The Kier molecular flexibility index (Phi) is 6.24. The number of piperidine rings is 2. The third-order valence-corrected chi connectivity index (χ3v) is 5.33. The average Bonchev–Trinajstić information content (AvgIpc) is 3.03. The predicted molar refractivity (Wildman–Crippen MR) is 98.7 cm³/mol. The lowest BCUT2D eigenvalue weighted by Gasteiger charge is -2.32. The summed E-state index contributed by atoms with van der Waals surface area (Å²) in [5.74, 6) is 1.57. The number of carbonyl (C=O) groups is 2. The molecule has 0 spiro atoms. The molecule has 2 aliphatic rings. The minimum absolute atomic E-state index is 0.0636. The molecular weight excluding hydrogens is 332 g/mol. The number of carbonyl (C=O) groups excluding carboxylic acids is 2. The van der Waals surface area contributed by atoms with Gasteiger partial charge in [-0.25, -0.2) is 4.68 Å². The molecule has 8 nitrogen and oxygen atoms in total. The Bertz CT molecular complexity index is 638. The van der Waals surface area contributed by atoms with Crippen LogP contribution in [0.5, 0.6) is 0 Å². The van der Waals surface area contributed by atoms with Crippen LogP contribution >= 0.6 is 0 Å². The summed E-state index contributed by atoms with van der Waals surface area (Å²) >= 11 is 0. The van der Waals surface area contributed by atoms with Crippen molar-refractivity contribution in [3.05, 3.63) is 5.82 Å². The van der Waals surface area contributed by atoms with E-state index in [1.165, 1.54) is 0 Å². The smallest absolute Gasteiger partial charge is 0.231 e. The van der Waals surface area contributed by atoms with E-state index in [1.807, 2.05) is 18.9 Å². The third-order valence-electron chi connectivity index (χ3n) is 5.33. The molecule has 0 aliphatic carbocycles. The topological polar surface area (TPSA) is 92.2 Å². The van der Waals surface area contributed by atoms with Crippen LogP contribution in [0.4, 0.5) is 5.95 Å². The van der Waals surface area contributed by atoms with E-state index in [-0.39, 0.29) is 17.7 Å². The number of hydrogen-bond acceptors (Lipinski definition) is 5. The van der Waals surface area contributed by atoms with Crippen LogP contribution in [0.3, 0.4) is 0 Å². The monoisotopic (exact) mass is 362 g/mol. The van der Waals surface area contributed by atoms with Crippen LogP contribution in [0.2, 0.25) is 0 Å². The number of amides is 2. The molecule has 2 saturated heterocycles. The number of rotatable bonds is 5. The van der Waals surface area contributed by atoms with Crippen LogP contribution in [0.15, 0.2) is 0 Å². The second kappa shape index (κ2) is 8.62. The van der Waals surface area contributed by atoms with E-state index in [9.17, 15) is 9.59 Å². The molecule has 0 saturated carbocycles. The molecule has 1 unspecified atom stereocenters. The van der Waals surface area contributed by atoms with Crippen LogP contribution in [0.25, 0.3) is 0 Å². The van der Waals surface area contributed by atoms with Crippen molar-refractivity contribution in [1.29, 1.82) is 0 Å². The molecule has 2 fully saturated rings. The Morgan fingerprint density at radius 2 is 2.04 bits per heavy atom. The minimum Gasteiger partial charge on any atom is -0.342 e. The lowest BCUT2D eigenvalue weighted by molar-refractivity contribution is -0.134. The Hall–Kier alpha value is -1.96. The van der Waals surface area contributed by atoms with Crippen molar-refractivity contribution in [3.8, 4) is 0 Å². The highest BCUT2D eigenvalue weighted by Gasteiger charge is 2.29. The van der Waals surface area contributed by atoms with Gasteiger partial charge in [-0.3, -0.25) is 14.9 Å². The van der Waals surface area contributed by atoms with Gasteiger partial charge in [-0.15, -0.1) is 0 Å². The lowest BCUT2D eigenvalue weighted by atomic mass is 9.97. The molecule has 0 bridgehead atoms. The minimum atomic E-state index is -0.177. The van der Waals surface area contributed by atoms with Gasteiger partial charge in [0.05, 0.1) is 5.92 Å². The van der Waals surface area contributed by atoms with Gasteiger partial charge in [-0.1, -0.05) is 6.92 Å². The van der Waals surface area contributed by atoms with Crippen LogP contribution in [-0.2, 0) is 16.6 Å². The van der Waals surface area contributed by atoms with Gasteiger partial charge in [0.15, 0.2) is 5.82 Å². The highest BCUT2D eigenvalue weighted by atomic mass is 16.2. The second-order valence-corrected chi connectivity index (χ2v) is 7.36. The normalized spacial score (nSPS) is 21.6. The zero-order valence-electron chi connectivity index (χ0n) is 15.8. The quantitative estimate of drug-likeness (QED) is 0.823. The summed E-state index contributed by atoms with van der Waals surface area (Å²) in [6.07, 6.45) is 5.11. The summed E-state index contributed by atoms with van der Waals surface area (Å²) in [6.45, 7) is 5.22. The van der Waals surface area contributed by atoms with Crippen molar-refractivity contribution in [3.63, 3.8) is 0 Å². The van der Waals surface area contributed by atoms with Crippen molar-refractivity contribution in [2.75, 3.05) is 31.5 Å². The number of likely N-dealkylation sites (tertiary alicyclic amines) is 1. The molecular formula is C18H30N6O2. The summed E-state index contributed by atoms with van der Waals surface area (Å²) in [5.41, 5.74) is 0. The van der Waals surface area contributed by atoms with Gasteiger partial charge in [0, 0.05) is 32.5 Å². The lowest BCUT2D eigenvalue weighted by Crippen LogP contribution is -2.43. The number of aryl methyl sites for hydroxylation is 1. The maximum Gasteiger partial charge on any atom is 0.231 e. The first kappa shape index (κ1) is 18.8. The molecule has 2 amide bonds. The van der Waals surface area contributed by atoms with Crippen molar-refractivity contribution < 1.29 is 9.59 Å². The predicted octanol–water partition coefficient (Wildman–Crippen LogP) is 1.26. The average molecular weight is 362 g/mol. The zero-order valence-corrected chi connectivity index (χ0v) is 15.8. The summed E-state index contributed by atoms with van der Waals surface area (Å²) < 4.78 is 1.65. The Morgan fingerprint density at radius 3 is 2.77 bits per heavy atom.